The van der Waals surface area contributed by atoms with Crippen molar-refractivity contribution in [1.82, 2.24) is 0 Å². The number of nitrogens with one attached hydrogen (secondary N) is 1. The Labute approximate surface area is 120 Å². The summed E-state index contributed by atoms with van der Waals surface area (Å²) in [4.78, 5) is 22.3. The summed E-state index contributed by atoms with van der Waals surface area (Å²) in [5.74, 6) is -0.420. The number of benzene rings is 1. The molecule has 0 bridgehead atoms. The number of anilines is 2. The molecule has 0 aliphatic carbocycles. The second-order valence-electron chi connectivity index (χ2n) is 3.95. The van der Waals surface area contributed by atoms with E-state index in [1.807, 2.05) is 17.5 Å². The van der Waals surface area contributed by atoms with Crippen LogP contribution < -0.4 is 11.1 Å². The second-order valence-corrected chi connectivity index (χ2v) is 4.86. The molecule has 0 spiro atoms. The first kappa shape index (κ1) is 14.1. The summed E-state index contributed by atoms with van der Waals surface area (Å²) in [6.45, 7) is 2.05. The zero-order chi connectivity index (χ0) is 14.5. The number of amides is 1. The van der Waals surface area contributed by atoms with Crippen molar-refractivity contribution in [3.05, 3.63) is 35.2 Å². The highest BCUT2D eigenvalue weighted by atomic mass is 32.1. The van der Waals surface area contributed by atoms with Crippen LogP contribution in [0.5, 0.6) is 0 Å². The maximum Gasteiger partial charge on any atom is 0.341 e. The molecule has 2 rings (SSSR count). The molecule has 20 heavy (non-hydrogen) atoms. The van der Waals surface area contributed by atoms with E-state index in [-0.39, 0.29) is 0 Å². The lowest BCUT2D eigenvalue weighted by atomic mass is 10.0. The topological polar surface area (TPSA) is 81.4 Å². The van der Waals surface area contributed by atoms with Crippen molar-refractivity contribution in [1.29, 1.82) is 0 Å². The molecule has 0 saturated heterocycles. The lowest BCUT2D eigenvalue weighted by Gasteiger charge is -2.06. The van der Waals surface area contributed by atoms with Crippen molar-refractivity contribution < 1.29 is 14.3 Å². The van der Waals surface area contributed by atoms with Crippen LogP contribution in [0.15, 0.2) is 29.6 Å². The van der Waals surface area contributed by atoms with Gasteiger partial charge in [-0.25, -0.2) is 4.79 Å². The fourth-order valence-corrected chi connectivity index (χ4v) is 2.62. The van der Waals surface area contributed by atoms with Crippen LogP contribution in [0.4, 0.5) is 10.7 Å². The van der Waals surface area contributed by atoms with Crippen molar-refractivity contribution in [3.63, 3.8) is 0 Å². The Balaban J connectivity index is 2.37. The molecule has 0 fully saturated rings. The van der Waals surface area contributed by atoms with E-state index in [9.17, 15) is 9.59 Å². The van der Waals surface area contributed by atoms with E-state index in [1.54, 1.807) is 19.1 Å². The van der Waals surface area contributed by atoms with Gasteiger partial charge in [-0.2, -0.15) is 0 Å². The molecular weight excluding hydrogens is 276 g/mol. The predicted molar refractivity (Wildman–Crippen MR) is 79.8 cm³/mol. The molecule has 3 N–H and O–H groups in total. The van der Waals surface area contributed by atoms with Crippen LogP contribution in [0, 0.1) is 0 Å². The highest BCUT2D eigenvalue weighted by Gasteiger charge is 2.19. The van der Waals surface area contributed by atoms with E-state index < -0.39 is 5.97 Å². The summed E-state index contributed by atoms with van der Waals surface area (Å²) in [6, 6.07) is 7.14. The van der Waals surface area contributed by atoms with Crippen LogP contribution in [0.25, 0.3) is 11.1 Å². The minimum absolute atomic E-state index is 0.301. The monoisotopic (exact) mass is 290 g/mol. The summed E-state index contributed by atoms with van der Waals surface area (Å²) in [7, 11) is 0. The van der Waals surface area contributed by atoms with Crippen LogP contribution in [0.3, 0.4) is 0 Å². The van der Waals surface area contributed by atoms with Crippen LogP contribution in [0.2, 0.25) is 0 Å². The van der Waals surface area contributed by atoms with Gasteiger partial charge in [-0.1, -0.05) is 12.1 Å². The summed E-state index contributed by atoms with van der Waals surface area (Å²) in [6.07, 6.45) is 0.613. The third-order valence-corrected chi connectivity index (χ3v) is 3.53. The largest absolute Gasteiger partial charge is 0.462 e. The molecule has 2 aromatic rings. The fraction of sp³-hybridized carbons (Fsp3) is 0.143. The van der Waals surface area contributed by atoms with Gasteiger partial charge < -0.3 is 15.8 Å². The zero-order valence-electron chi connectivity index (χ0n) is 10.9. The number of ether oxygens (including phenoxy) is 1. The van der Waals surface area contributed by atoms with E-state index in [4.69, 9.17) is 10.5 Å². The SMILES string of the molecule is CCOC(=O)c1c(-c2ccc(NC=O)cc2)csc1N. The van der Waals surface area contributed by atoms with E-state index >= 15 is 0 Å². The van der Waals surface area contributed by atoms with Crippen LogP contribution >= 0.6 is 11.3 Å². The standard InChI is InChI=1S/C14H14N2O3S/c1-2-19-14(18)12-11(7-20-13(12)15)9-3-5-10(6-4-9)16-8-17/h3-8H,2,15H2,1H3,(H,16,17). The lowest BCUT2D eigenvalue weighted by molar-refractivity contribution is -0.105. The van der Waals surface area contributed by atoms with Crippen molar-refractivity contribution in [3.8, 4) is 11.1 Å². The molecule has 6 heteroatoms. The molecule has 1 aromatic heterocycles. The Morgan fingerprint density at radius 1 is 1.40 bits per heavy atom. The summed E-state index contributed by atoms with van der Waals surface area (Å²) >= 11 is 1.30. The molecule has 1 amide bonds. The molecule has 1 aromatic carbocycles. The molecule has 1 heterocycles. The number of rotatable bonds is 5. The number of nitrogen functional groups attached to an aromatic ring is 1. The number of thiophene rings is 1. The van der Waals surface area contributed by atoms with E-state index in [0.717, 1.165) is 11.1 Å². The summed E-state index contributed by atoms with van der Waals surface area (Å²) < 4.78 is 5.02. The molecule has 0 radical (unpaired) electrons. The number of hydrogen-bond acceptors (Lipinski definition) is 5. The third-order valence-electron chi connectivity index (χ3n) is 2.72. The Kier molecular flexibility index (Phi) is 4.37. The van der Waals surface area contributed by atoms with Gasteiger partial charge in [0.1, 0.15) is 10.6 Å². The Hall–Kier alpha value is -2.34. The van der Waals surface area contributed by atoms with Crippen molar-refractivity contribution in [2.45, 2.75) is 6.92 Å². The average molecular weight is 290 g/mol. The highest BCUT2D eigenvalue weighted by Crippen LogP contribution is 2.34. The molecular formula is C14H14N2O3S. The molecule has 0 saturated carbocycles. The molecule has 0 unspecified atom stereocenters. The Morgan fingerprint density at radius 3 is 2.70 bits per heavy atom. The van der Waals surface area contributed by atoms with Crippen molar-refractivity contribution in [2.75, 3.05) is 17.7 Å². The van der Waals surface area contributed by atoms with Crippen LogP contribution in [-0.2, 0) is 9.53 Å². The first-order chi connectivity index (χ1) is 9.67. The molecule has 104 valence electrons. The van der Waals surface area contributed by atoms with Crippen LogP contribution in [0.1, 0.15) is 17.3 Å². The number of esters is 1. The quantitative estimate of drug-likeness (QED) is 0.655. The first-order valence-corrected chi connectivity index (χ1v) is 6.90. The van der Waals surface area contributed by atoms with Gasteiger partial charge in [-0.15, -0.1) is 11.3 Å². The van der Waals surface area contributed by atoms with Gasteiger partial charge in [0, 0.05) is 16.6 Å². The average Bonchev–Trinajstić information content (AvgIpc) is 2.82. The molecule has 0 aliphatic heterocycles. The van der Waals surface area contributed by atoms with Gasteiger partial charge in [0.05, 0.1) is 6.61 Å². The van der Waals surface area contributed by atoms with Gasteiger partial charge in [0.25, 0.3) is 0 Å². The van der Waals surface area contributed by atoms with Crippen molar-refractivity contribution in [2.24, 2.45) is 0 Å². The number of carbonyl (C=O) groups excluding carboxylic acids is 2. The van der Waals surface area contributed by atoms with E-state index in [1.165, 1.54) is 11.3 Å². The predicted octanol–water partition coefficient (Wildman–Crippen LogP) is 2.74. The smallest absolute Gasteiger partial charge is 0.341 e. The Morgan fingerprint density at radius 2 is 2.10 bits per heavy atom. The minimum atomic E-state index is -0.420. The maximum atomic E-state index is 11.9. The molecule has 0 aliphatic rings. The van der Waals surface area contributed by atoms with Gasteiger partial charge in [0.15, 0.2) is 0 Å². The molecule has 5 nitrogen and oxygen atoms in total. The van der Waals surface area contributed by atoms with Gasteiger partial charge >= 0.3 is 5.97 Å². The zero-order valence-corrected chi connectivity index (χ0v) is 11.7. The highest BCUT2D eigenvalue weighted by molar-refractivity contribution is 7.14. The summed E-state index contributed by atoms with van der Waals surface area (Å²) in [5, 5.41) is 4.82. The van der Waals surface area contributed by atoms with Crippen LogP contribution in [-0.4, -0.2) is 19.0 Å². The first-order valence-electron chi connectivity index (χ1n) is 6.02. The van der Waals surface area contributed by atoms with Crippen molar-refractivity contribution >= 4 is 34.4 Å². The Bertz CT molecular complexity index is 620. The lowest BCUT2D eigenvalue weighted by Crippen LogP contribution is -2.07. The van der Waals surface area contributed by atoms with Gasteiger partial charge in [0.2, 0.25) is 6.41 Å². The van der Waals surface area contributed by atoms with E-state index in [2.05, 4.69) is 5.32 Å². The number of hydrogen-bond donors (Lipinski definition) is 2. The normalized spacial score (nSPS) is 10.1. The number of carbonyl (C=O) groups is 2. The summed E-state index contributed by atoms with van der Waals surface area (Å²) in [5.41, 5.74) is 8.51. The maximum absolute atomic E-state index is 11.9. The second kappa shape index (κ2) is 6.21. The third kappa shape index (κ3) is 2.80. The fourth-order valence-electron chi connectivity index (χ4n) is 1.81. The number of nitrogens with two attached hydrogens (primary N) is 1. The van der Waals surface area contributed by atoms with E-state index in [0.29, 0.717) is 29.3 Å². The van der Waals surface area contributed by atoms with Gasteiger partial charge in [-0.3, -0.25) is 4.79 Å². The van der Waals surface area contributed by atoms with Gasteiger partial charge in [-0.05, 0) is 24.6 Å². The minimum Gasteiger partial charge on any atom is -0.462 e. The molecule has 0 atom stereocenters.